The Balaban J connectivity index is 4.01. The van der Waals surface area contributed by atoms with Crippen molar-refractivity contribution in [1.82, 2.24) is 0 Å². The van der Waals surface area contributed by atoms with Crippen molar-refractivity contribution in [3.8, 4) is 0 Å². The molecule has 0 rings (SSSR count). The number of rotatable bonds is 6. The number of hydrogen-bond donors (Lipinski definition) is 0. The van der Waals surface area contributed by atoms with Crippen LogP contribution in [-0.2, 0) is 9.53 Å². The van der Waals surface area contributed by atoms with Crippen molar-refractivity contribution in [2.75, 3.05) is 34.3 Å². The van der Waals surface area contributed by atoms with Gasteiger partial charge in [-0.2, -0.15) is 0 Å². The van der Waals surface area contributed by atoms with Crippen molar-refractivity contribution < 1.29 is 19.1 Å². The van der Waals surface area contributed by atoms with Crippen LogP contribution in [0.25, 0.3) is 0 Å². The van der Waals surface area contributed by atoms with Crippen molar-refractivity contribution in [2.24, 2.45) is 0 Å². The van der Waals surface area contributed by atoms with Gasteiger partial charge in [-0.1, -0.05) is 0 Å². The maximum absolute atomic E-state index is 10.4. The zero-order chi connectivity index (χ0) is 10.5. The molecule has 0 aliphatic rings. The second-order valence-electron chi connectivity index (χ2n) is 4.13. The van der Waals surface area contributed by atoms with Gasteiger partial charge in [-0.3, -0.25) is 0 Å². The van der Waals surface area contributed by atoms with E-state index in [0.29, 0.717) is 17.6 Å². The minimum atomic E-state index is -1.05. The molecule has 0 spiro atoms. The summed E-state index contributed by atoms with van der Waals surface area (Å²) in [4.78, 5) is 10.4. The van der Waals surface area contributed by atoms with Gasteiger partial charge in [0.05, 0.1) is 21.1 Å². The molecule has 0 unspecified atom stereocenters. The minimum absolute atomic E-state index is 0.0244. The van der Waals surface area contributed by atoms with Crippen LogP contribution < -0.4 is 5.11 Å². The predicted molar refractivity (Wildman–Crippen MR) is 47.9 cm³/mol. The first-order chi connectivity index (χ1) is 5.85. The van der Waals surface area contributed by atoms with Crippen LogP contribution in [0.4, 0.5) is 0 Å². The first kappa shape index (κ1) is 12.4. The lowest BCUT2D eigenvalue weighted by molar-refractivity contribution is -0.873. The summed E-state index contributed by atoms with van der Waals surface area (Å²) in [5.41, 5.74) is 0. The number of hydrogen-bond acceptors (Lipinski definition) is 3. The van der Waals surface area contributed by atoms with Gasteiger partial charge in [-0.15, -0.1) is 0 Å². The molecular weight excluding hydrogens is 170 g/mol. The third kappa shape index (κ3) is 7.74. The van der Waals surface area contributed by atoms with Crippen LogP contribution in [0.3, 0.4) is 0 Å². The largest absolute Gasteiger partial charge is 0.550 e. The molecule has 0 amide bonds. The van der Waals surface area contributed by atoms with Crippen molar-refractivity contribution >= 4 is 5.97 Å². The lowest BCUT2D eigenvalue weighted by atomic mass is 10.2. The first-order valence-corrected chi connectivity index (χ1v) is 4.47. The van der Waals surface area contributed by atoms with Crippen molar-refractivity contribution in [2.45, 2.75) is 19.4 Å². The number of aliphatic carboxylic acids is 1. The van der Waals surface area contributed by atoms with E-state index in [1.54, 1.807) is 0 Å². The summed E-state index contributed by atoms with van der Waals surface area (Å²) in [5, 5.41) is 10.4. The van der Waals surface area contributed by atoms with Gasteiger partial charge in [0, 0.05) is 19.0 Å². The zero-order valence-corrected chi connectivity index (χ0v) is 8.87. The highest BCUT2D eigenvalue weighted by molar-refractivity contribution is 5.64. The van der Waals surface area contributed by atoms with E-state index in [1.807, 2.05) is 28.1 Å². The van der Waals surface area contributed by atoms with E-state index >= 15 is 0 Å². The third-order valence-electron chi connectivity index (χ3n) is 1.55. The Morgan fingerprint density at radius 3 is 2.31 bits per heavy atom. The highest BCUT2D eigenvalue weighted by Gasteiger charge is 2.18. The average Bonchev–Trinajstić information content (AvgIpc) is 1.81. The Hall–Kier alpha value is -0.610. The molecular formula is C9H19NO3. The Morgan fingerprint density at radius 1 is 1.46 bits per heavy atom. The molecule has 0 aromatic rings. The van der Waals surface area contributed by atoms with E-state index in [4.69, 9.17) is 4.74 Å². The Labute approximate surface area is 79.7 Å². The van der Waals surface area contributed by atoms with E-state index in [9.17, 15) is 9.90 Å². The molecule has 0 fully saturated rings. The number of likely N-dealkylation sites (N-methyl/N-ethyl adjacent to an activating group) is 1. The Bertz CT molecular complexity index is 163. The predicted octanol–water partition coefficient (Wildman–Crippen LogP) is -0.762. The first-order valence-electron chi connectivity index (χ1n) is 4.47. The van der Waals surface area contributed by atoms with Gasteiger partial charge in [0.2, 0.25) is 0 Å². The lowest BCUT2D eigenvalue weighted by Crippen LogP contribution is -2.44. The average molecular weight is 189 g/mol. The van der Waals surface area contributed by atoms with Gasteiger partial charge in [-0.25, -0.2) is 0 Å². The number of carbonyl (C=O) groups is 1. The maximum Gasteiger partial charge on any atom is 0.111 e. The molecule has 0 saturated carbocycles. The van der Waals surface area contributed by atoms with Gasteiger partial charge in [-0.05, 0) is 6.92 Å². The quantitative estimate of drug-likeness (QED) is 0.516. The van der Waals surface area contributed by atoms with E-state index in [2.05, 4.69) is 0 Å². The molecule has 0 saturated heterocycles. The highest BCUT2D eigenvalue weighted by atomic mass is 16.5. The van der Waals surface area contributed by atoms with Gasteiger partial charge in [0.15, 0.2) is 0 Å². The van der Waals surface area contributed by atoms with E-state index in [-0.39, 0.29) is 12.5 Å². The topological polar surface area (TPSA) is 49.4 Å². The number of carboxylic acid groups (broad SMARTS) is 1. The summed E-state index contributed by atoms with van der Waals surface area (Å²) in [6.45, 7) is 3.08. The SMILES string of the molecule is CCO[C@H](CC(=O)[O-])C[N+](C)(C)C. The summed E-state index contributed by atoms with van der Waals surface area (Å²) < 4.78 is 5.98. The molecule has 0 aromatic heterocycles. The standard InChI is InChI=1S/C9H19NO3/c1-5-13-8(6-9(11)12)7-10(2,3)4/h8H,5-7H2,1-4H3/t8-/m1/s1. The number of carbonyl (C=O) groups excluding carboxylic acids is 1. The second kappa shape index (κ2) is 5.19. The summed E-state index contributed by atoms with van der Waals surface area (Å²) in [6.07, 6.45) is -0.265. The minimum Gasteiger partial charge on any atom is -0.550 e. The zero-order valence-electron chi connectivity index (χ0n) is 8.87. The van der Waals surface area contributed by atoms with Crippen LogP contribution in [0.5, 0.6) is 0 Å². The molecule has 0 aromatic carbocycles. The number of carboxylic acids is 1. The van der Waals surface area contributed by atoms with Crippen molar-refractivity contribution in [3.63, 3.8) is 0 Å². The van der Waals surface area contributed by atoms with Crippen molar-refractivity contribution in [1.29, 1.82) is 0 Å². The summed E-state index contributed by atoms with van der Waals surface area (Å²) in [6, 6.07) is 0. The molecule has 13 heavy (non-hydrogen) atoms. The number of nitrogens with zero attached hydrogens (tertiary/aromatic N) is 1. The molecule has 0 aliphatic carbocycles. The van der Waals surface area contributed by atoms with Gasteiger partial charge < -0.3 is 19.1 Å². The fourth-order valence-electron chi connectivity index (χ4n) is 1.21. The monoisotopic (exact) mass is 189 g/mol. The third-order valence-corrected chi connectivity index (χ3v) is 1.55. The molecule has 0 radical (unpaired) electrons. The molecule has 0 aliphatic heterocycles. The number of quaternary nitrogens is 1. The second-order valence-corrected chi connectivity index (χ2v) is 4.13. The Kier molecular flexibility index (Phi) is 4.95. The van der Waals surface area contributed by atoms with Crippen LogP contribution in [0.1, 0.15) is 13.3 Å². The number of ether oxygens (including phenoxy) is 1. The fraction of sp³-hybridized carbons (Fsp3) is 0.889. The fourth-order valence-corrected chi connectivity index (χ4v) is 1.21. The van der Waals surface area contributed by atoms with Gasteiger partial charge in [0.25, 0.3) is 0 Å². The van der Waals surface area contributed by atoms with Gasteiger partial charge in [0.1, 0.15) is 12.6 Å². The normalized spacial score (nSPS) is 14.2. The van der Waals surface area contributed by atoms with Crippen LogP contribution in [0, 0.1) is 0 Å². The summed E-state index contributed by atoms with van der Waals surface area (Å²) in [7, 11) is 6.00. The van der Waals surface area contributed by atoms with Crippen LogP contribution >= 0.6 is 0 Å². The molecule has 0 heterocycles. The van der Waals surface area contributed by atoms with E-state index in [1.165, 1.54) is 0 Å². The van der Waals surface area contributed by atoms with E-state index < -0.39 is 5.97 Å². The molecule has 1 atom stereocenters. The van der Waals surface area contributed by atoms with Crippen molar-refractivity contribution in [3.05, 3.63) is 0 Å². The van der Waals surface area contributed by atoms with Crippen LogP contribution in [0.2, 0.25) is 0 Å². The molecule has 4 heteroatoms. The molecule has 78 valence electrons. The molecule has 0 bridgehead atoms. The summed E-state index contributed by atoms with van der Waals surface area (Å²) in [5.74, 6) is -1.05. The molecule has 4 nitrogen and oxygen atoms in total. The Morgan fingerprint density at radius 2 is 2.00 bits per heavy atom. The molecule has 0 N–H and O–H groups in total. The lowest BCUT2D eigenvalue weighted by Gasteiger charge is -2.29. The van der Waals surface area contributed by atoms with Crippen LogP contribution in [-0.4, -0.2) is 50.9 Å². The maximum atomic E-state index is 10.4. The smallest absolute Gasteiger partial charge is 0.111 e. The van der Waals surface area contributed by atoms with Crippen LogP contribution in [0.15, 0.2) is 0 Å². The van der Waals surface area contributed by atoms with Gasteiger partial charge >= 0.3 is 0 Å². The van der Waals surface area contributed by atoms with E-state index in [0.717, 1.165) is 0 Å². The highest BCUT2D eigenvalue weighted by Crippen LogP contribution is 2.03. The summed E-state index contributed by atoms with van der Waals surface area (Å²) >= 11 is 0.